The van der Waals surface area contributed by atoms with Crippen molar-refractivity contribution in [1.29, 1.82) is 0 Å². The van der Waals surface area contributed by atoms with Crippen molar-refractivity contribution in [3.05, 3.63) is 59.7 Å². The molecule has 1 N–H and O–H groups in total. The van der Waals surface area contributed by atoms with E-state index >= 15 is 0 Å². The maximum atomic E-state index is 14.5. The Balaban J connectivity index is 1.30. The Hall–Kier alpha value is -3.43. The third-order valence-corrected chi connectivity index (χ3v) is 8.87. The second-order valence-electron chi connectivity index (χ2n) is 10.9. The Morgan fingerprint density at radius 2 is 1.85 bits per heavy atom. The SMILES string of the molecule is COC(=O)COc1ccccc1CN1CCCNC(=O)[C@@H]2C[C@@H]3CCCN3[C@@]23C(=O)N(CC1)c1ccccc13. The smallest absolute Gasteiger partial charge is 0.343 e. The van der Waals surface area contributed by atoms with Gasteiger partial charge in [0.25, 0.3) is 5.91 Å². The summed E-state index contributed by atoms with van der Waals surface area (Å²) in [4.78, 5) is 46.4. The summed E-state index contributed by atoms with van der Waals surface area (Å²) < 4.78 is 10.5. The van der Waals surface area contributed by atoms with Gasteiger partial charge in [-0.3, -0.25) is 19.4 Å². The molecule has 6 rings (SSSR count). The number of fused-ring (bicyclic) bond motifs is 4. The number of ether oxygens (including phenoxy) is 2. The molecule has 2 aromatic rings. The van der Waals surface area contributed by atoms with E-state index < -0.39 is 11.5 Å². The quantitative estimate of drug-likeness (QED) is 0.591. The van der Waals surface area contributed by atoms with Crippen LogP contribution in [0, 0.1) is 5.92 Å². The van der Waals surface area contributed by atoms with Crippen LogP contribution in [0.15, 0.2) is 48.5 Å². The fourth-order valence-corrected chi connectivity index (χ4v) is 7.14. The Morgan fingerprint density at radius 3 is 2.72 bits per heavy atom. The van der Waals surface area contributed by atoms with E-state index in [0.29, 0.717) is 31.9 Å². The summed E-state index contributed by atoms with van der Waals surface area (Å²) >= 11 is 0. The molecule has 0 saturated carbocycles. The molecule has 0 aliphatic carbocycles. The summed E-state index contributed by atoms with van der Waals surface area (Å²) in [6.45, 7) is 3.80. The highest BCUT2D eigenvalue weighted by Gasteiger charge is 2.67. The van der Waals surface area contributed by atoms with Crippen molar-refractivity contribution >= 4 is 23.5 Å². The lowest BCUT2D eigenvalue weighted by molar-refractivity contribution is -0.143. The first-order valence-corrected chi connectivity index (χ1v) is 14.0. The minimum atomic E-state index is -0.916. The summed E-state index contributed by atoms with van der Waals surface area (Å²) in [6.07, 6.45) is 3.62. The van der Waals surface area contributed by atoms with Crippen LogP contribution < -0.4 is 15.0 Å². The molecule has 2 amide bonds. The van der Waals surface area contributed by atoms with Gasteiger partial charge in [-0.1, -0.05) is 36.4 Å². The van der Waals surface area contributed by atoms with Crippen LogP contribution >= 0.6 is 0 Å². The van der Waals surface area contributed by atoms with E-state index in [1.807, 2.05) is 47.4 Å². The van der Waals surface area contributed by atoms with Gasteiger partial charge in [-0.25, -0.2) is 4.79 Å². The van der Waals surface area contributed by atoms with Crippen LogP contribution in [0.1, 0.15) is 36.8 Å². The Morgan fingerprint density at radius 1 is 1.03 bits per heavy atom. The highest BCUT2D eigenvalue weighted by Crippen LogP contribution is 2.57. The van der Waals surface area contributed by atoms with E-state index in [1.54, 1.807) is 0 Å². The minimum Gasteiger partial charge on any atom is -0.482 e. The zero-order chi connectivity index (χ0) is 27.0. The number of para-hydroxylation sites is 2. The summed E-state index contributed by atoms with van der Waals surface area (Å²) in [5, 5.41) is 3.19. The lowest BCUT2D eigenvalue weighted by Gasteiger charge is -2.38. The van der Waals surface area contributed by atoms with Gasteiger partial charge < -0.3 is 19.7 Å². The molecule has 4 aliphatic rings. The molecule has 4 aliphatic heterocycles. The van der Waals surface area contributed by atoms with Crippen LogP contribution in [0.25, 0.3) is 0 Å². The summed E-state index contributed by atoms with van der Waals surface area (Å²) in [5.74, 6) is -0.148. The predicted octanol–water partition coefficient (Wildman–Crippen LogP) is 2.29. The number of amides is 2. The molecule has 3 saturated heterocycles. The monoisotopic (exact) mass is 532 g/mol. The Labute approximate surface area is 229 Å². The largest absolute Gasteiger partial charge is 0.482 e. The van der Waals surface area contributed by atoms with E-state index in [4.69, 9.17) is 9.47 Å². The zero-order valence-corrected chi connectivity index (χ0v) is 22.4. The number of nitrogens with zero attached hydrogens (tertiary/aromatic N) is 3. The molecule has 0 unspecified atom stereocenters. The van der Waals surface area contributed by atoms with Crippen molar-refractivity contribution < 1.29 is 23.9 Å². The van der Waals surface area contributed by atoms with Crippen LogP contribution in [0.3, 0.4) is 0 Å². The normalized spacial score (nSPS) is 27.2. The number of methoxy groups -OCH3 is 1. The van der Waals surface area contributed by atoms with Crippen molar-refractivity contribution in [1.82, 2.24) is 15.1 Å². The van der Waals surface area contributed by atoms with E-state index in [9.17, 15) is 14.4 Å². The number of carbonyl (C=O) groups excluding carboxylic acids is 3. The Bertz CT molecular complexity index is 1270. The number of carbonyl (C=O) groups is 3. The molecule has 1 spiro atoms. The maximum absolute atomic E-state index is 14.5. The fourth-order valence-electron chi connectivity index (χ4n) is 7.14. The van der Waals surface area contributed by atoms with Crippen LogP contribution in [-0.2, 0) is 31.2 Å². The predicted molar refractivity (Wildman–Crippen MR) is 145 cm³/mol. The standard InChI is InChI=1S/C30H36N4O5/c1-38-27(35)20-39-26-12-5-2-8-21(26)19-32-14-7-13-31-28(36)24-18-22-9-6-15-34(22)30(24)23-10-3-4-11-25(23)33(17-16-32)29(30)37/h2-5,8,10-12,22,24H,6-7,9,13-20H2,1H3,(H,31,36)/t22-,24-,30+/m0/s1. The molecule has 0 aromatic heterocycles. The van der Waals surface area contributed by atoms with E-state index in [0.717, 1.165) is 55.6 Å². The van der Waals surface area contributed by atoms with Crippen LogP contribution in [0.5, 0.6) is 5.75 Å². The number of rotatable bonds is 5. The summed E-state index contributed by atoms with van der Waals surface area (Å²) in [7, 11) is 1.34. The number of anilines is 1. The van der Waals surface area contributed by atoms with Gasteiger partial charge in [-0.2, -0.15) is 0 Å². The average Bonchev–Trinajstić information content (AvgIpc) is 3.61. The van der Waals surface area contributed by atoms with Gasteiger partial charge in [-0.05, 0) is 44.4 Å². The molecule has 39 heavy (non-hydrogen) atoms. The number of hydrogen-bond donors (Lipinski definition) is 1. The van der Waals surface area contributed by atoms with Crippen molar-refractivity contribution in [3.8, 4) is 5.75 Å². The lowest BCUT2D eigenvalue weighted by Crippen LogP contribution is -2.57. The first-order chi connectivity index (χ1) is 19.0. The maximum Gasteiger partial charge on any atom is 0.343 e. The van der Waals surface area contributed by atoms with Crippen molar-refractivity contribution in [2.24, 2.45) is 5.92 Å². The van der Waals surface area contributed by atoms with Gasteiger partial charge in [-0.15, -0.1) is 0 Å². The molecule has 9 heteroatoms. The molecule has 4 heterocycles. The number of hydrogen-bond acceptors (Lipinski definition) is 7. The van der Waals surface area contributed by atoms with Gasteiger partial charge in [0.1, 0.15) is 11.3 Å². The first kappa shape index (κ1) is 25.8. The third kappa shape index (κ3) is 4.37. The van der Waals surface area contributed by atoms with Crippen molar-refractivity contribution in [2.75, 3.05) is 51.3 Å². The second-order valence-corrected chi connectivity index (χ2v) is 10.9. The fraction of sp³-hybridized carbons (Fsp3) is 0.500. The van der Waals surface area contributed by atoms with E-state index in [1.165, 1.54) is 7.11 Å². The van der Waals surface area contributed by atoms with Crippen LogP contribution in [0.4, 0.5) is 5.69 Å². The second kappa shape index (κ2) is 10.6. The third-order valence-electron chi connectivity index (χ3n) is 8.87. The summed E-state index contributed by atoms with van der Waals surface area (Å²) in [5.41, 5.74) is 1.94. The van der Waals surface area contributed by atoms with E-state index in [-0.39, 0.29) is 30.4 Å². The van der Waals surface area contributed by atoms with Crippen molar-refractivity contribution in [3.63, 3.8) is 0 Å². The molecular formula is C30H36N4O5. The summed E-state index contributed by atoms with van der Waals surface area (Å²) in [6, 6.07) is 16.0. The number of benzene rings is 2. The topological polar surface area (TPSA) is 91.4 Å². The van der Waals surface area contributed by atoms with Gasteiger partial charge in [0.15, 0.2) is 6.61 Å². The molecule has 3 fully saturated rings. The average molecular weight is 533 g/mol. The number of esters is 1. The molecular weight excluding hydrogens is 496 g/mol. The molecule has 3 atom stereocenters. The Kier molecular flexibility index (Phi) is 7.03. The van der Waals surface area contributed by atoms with Gasteiger partial charge in [0.05, 0.1) is 13.0 Å². The highest BCUT2D eigenvalue weighted by molar-refractivity contribution is 6.11. The number of nitrogens with one attached hydrogen (secondary N) is 1. The molecule has 206 valence electrons. The lowest BCUT2D eigenvalue weighted by atomic mass is 9.78. The first-order valence-electron chi connectivity index (χ1n) is 14.0. The van der Waals surface area contributed by atoms with Gasteiger partial charge in [0.2, 0.25) is 5.91 Å². The van der Waals surface area contributed by atoms with Gasteiger partial charge >= 0.3 is 5.97 Å². The van der Waals surface area contributed by atoms with Crippen molar-refractivity contribution in [2.45, 2.75) is 43.8 Å². The molecule has 0 radical (unpaired) electrons. The van der Waals surface area contributed by atoms with Gasteiger partial charge in [0, 0.05) is 55.6 Å². The minimum absolute atomic E-state index is 0.0110. The van der Waals surface area contributed by atoms with Crippen LogP contribution in [-0.4, -0.2) is 80.1 Å². The molecule has 9 nitrogen and oxygen atoms in total. The zero-order valence-electron chi connectivity index (χ0n) is 22.4. The van der Waals surface area contributed by atoms with E-state index in [2.05, 4.69) is 21.2 Å². The highest BCUT2D eigenvalue weighted by atomic mass is 16.6. The molecule has 2 bridgehead atoms. The van der Waals surface area contributed by atoms with Crippen LogP contribution in [0.2, 0.25) is 0 Å². The molecule has 2 aromatic carbocycles.